The minimum Gasteiger partial charge on any atom is -0.449 e. The van der Waals surface area contributed by atoms with Crippen molar-refractivity contribution in [3.05, 3.63) is 55.9 Å². The van der Waals surface area contributed by atoms with Crippen LogP contribution in [0, 0.1) is 0 Å². The largest absolute Gasteiger partial charge is 0.449 e. The Labute approximate surface area is 125 Å². The van der Waals surface area contributed by atoms with Crippen LogP contribution < -0.4 is 10.4 Å². The van der Waals surface area contributed by atoms with Gasteiger partial charge in [0.1, 0.15) is 0 Å². The molecule has 0 atom stereocenters. The van der Waals surface area contributed by atoms with Gasteiger partial charge in [-0.3, -0.25) is 9.59 Å². The van der Waals surface area contributed by atoms with E-state index < -0.39 is 16.5 Å². The highest BCUT2D eigenvalue weighted by Crippen LogP contribution is 2.24. The maximum Gasteiger partial charge on any atom is 0.424 e. The molecule has 1 heterocycles. The maximum absolute atomic E-state index is 12.4. The van der Waals surface area contributed by atoms with Crippen LogP contribution in [0.5, 0.6) is 0 Å². The average molecular weight is 305 g/mol. The molecule has 0 radical (unpaired) electrons. The summed E-state index contributed by atoms with van der Waals surface area (Å²) in [5.74, 6) is 0. The molecular weight excluding hydrogens is 290 g/mol. The molecule has 1 aromatic heterocycles. The van der Waals surface area contributed by atoms with Crippen molar-refractivity contribution in [2.24, 2.45) is 0 Å². The summed E-state index contributed by atoms with van der Waals surface area (Å²) in [6, 6.07) is 9.20. The zero-order chi connectivity index (χ0) is 15.4. The third-order valence-electron chi connectivity index (χ3n) is 2.95. The third-order valence-corrected chi connectivity index (χ3v) is 3.99. The van der Waals surface area contributed by atoms with E-state index in [0.717, 1.165) is 16.9 Å². The first-order chi connectivity index (χ1) is 10.1. The Morgan fingerprint density at radius 2 is 1.86 bits per heavy atom. The van der Waals surface area contributed by atoms with Crippen molar-refractivity contribution in [2.75, 3.05) is 6.61 Å². The van der Waals surface area contributed by atoms with Crippen molar-refractivity contribution in [2.45, 2.75) is 20.3 Å². The van der Waals surface area contributed by atoms with Crippen LogP contribution in [0.25, 0.3) is 10.4 Å². The minimum atomic E-state index is -0.918. The van der Waals surface area contributed by atoms with Crippen LogP contribution in [0.3, 0.4) is 0 Å². The summed E-state index contributed by atoms with van der Waals surface area (Å²) >= 11 is 0.883. The minimum absolute atomic E-state index is 0.108. The highest BCUT2D eigenvalue weighted by molar-refractivity contribution is 7.12. The van der Waals surface area contributed by atoms with Crippen LogP contribution in [0.15, 0.2) is 39.9 Å². The van der Waals surface area contributed by atoms with Crippen LogP contribution in [0.4, 0.5) is 4.79 Å². The molecule has 6 heteroatoms. The van der Waals surface area contributed by atoms with Gasteiger partial charge in [0, 0.05) is 10.4 Å². The molecule has 0 fully saturated rings. The lowest BCUT2D eigenvalue weighted by atomic mass is 10.1. The normalized spacial score (nSPS) is 10.4. The number of benzene rings is 1. The van der Waals surface area contributed by atoms with Crippen molar-refractivity contribution in [3.63, 3.8) is 0 Å². The van der Waals surface area contributed by atoms with Crippen molar-refractivity contribution in [3.8, 4) is 10.4 Å². The Morgan fingerprint density at radius 3 is 2.43 bits per heavy atom. The Bertz CT molecular complexity index is 761. The first kappa shape index (κ1) is 15.2. The van der Waals surface area contributed by atoms with Gasteiger partial charge in [0.25, 0.3) is 5.56 Å². The monoisotopic (exact) mass is 305 g/mol. The summed E-state index contributed by atoms with van der Waals surface area (Å²) in [5, 5.41) is 0. The first-order valence-corrected chi connectivity index (χ1v) is 7.43. The second-order valence-corrected chi connectivity index (χ2v) is 5.20. The zero-order valence-electron chi connectivity index (χ0n) is 11.8. The van der Waals surface area contributed by atoms with Gasteiger partial charge in [0.15, 0.2) is 0 Å². The molecule has 0 unspecified atom stereocenters. The number of aromatic nitrogens is 1. The van der Waals surface area contributed by atoms with Crippen molar-refractivity contribution < 1.29 is 9.53 Å². The van der Waals surface area contributed by atoms with E-state index >= 15 is 0 Å². The van der Waals surface area contributed by atoms with Gasteiger partial charge in [-0.2, -0.15) is 4.57 Å². The first-order valence-electron chi connectivity index (χ1n) is 6.61. The van der Waals surface area contributed by atoms with E-state index in [9.17, 15) is 14.4 Å². The molecule has 1 aromatic carbocycles. The van der Waals surface area contributed by atoms with E-state index in [2.05, 4.69) is 0 Å². The topological polar surface area (TPSA) is 65.4 Å². The van der Waals surface area contributed by atoms with Gasteiger partial charge < -0.3 is 4.74 Å². The molecule has 110 valence electrons. The molecule has 0 aliphatic carbocycles. The highest BCUT2D eigenvalue weighted by Gasteiger charge is 2.19. The fraction of sp³-hybridized carbons (Fsp3) is 0.267. The molecule has 0 bridgehead atoms. The molecule has 21 heavy (non-hydrogen) atoms. The fourth-order valence-electron chi connectivity index (χ4n) is 1.99. The van der Waals surface area contributed by atoms with Crippen LogP contribution in [-0.2, 0) is 11.2 Å². The van der Waals surface area contributed by atoms with Gasteiger partial charge in [0.2, 0.25) is 0 Å². The van der Waals surface area contributed by atoms with Gasteiger partial charge in [-0.05, 0) is 18.9 Å². The second-order valence-electron chi connectivity index (χ2n) is 4.23. The van der Waals surface area contributed by atoms with Gasteiger partial charge >= 0.3 is 11.0 Å². The number of hydrogen-bond donors (Lipinski definition) is 0. The predicted molar refractivity (Wildman–Crippen MR) is 82.1 cm³/mol. The Kier molecular flexibility index (Phi) is 4.70. The molecule has 2 rings (SSSR count). The number of ether oxygens (including phenoxy) is 1. The van der Waals surface area contributed by atoms with E-state index in [1.54, 1.807) is 6.92 Å². The summed E-state index contributed by atoms with van der Waals surface area (Å²) in [4.78, 5) is 36.2. The van der Waals surface area contributed by atoms with Gasteiger partial charge in [0.05, 0.1) is 6.61 Å². The number of carbonyl (C=O) groups excluding carboxylic acids is 1. The van der Waals surface area contributed by atoms with E-state index in [-0.39, 0.29) is 6.61 Å². The maximum atomic E-state index is 12.4. The Balaban J connectivity index is 2.70. The van der Waals surface area contributed by atoms with E-state index in [4.69, 9.17) is 4.74 Å². The molecule has 0 spiro atoms. The van der Waals surface area contributed by atoms with Gasteiger partial charge in [-0.25, -0.2) is 4.79 Å². The average Bonchev–Trinajstić information content (AvgIpc) is 2.48. The summed E-state index contributed by atoms with van der Waals surface area (Å²) in [7, 11) is 0. The number of carbonyl (C=O) groups is 1. The molecule has 0 aliphatic rings. The van der Waals surface area contributed by atoms with Gasteiger partial charge in [-0.15, -0.1) is 0 Å². The van der Waals surface area contributed by atoms with E-state index in [1.165, 1.54) is 0 Å². The molecule has 0 saturated carbocycles. The lowest BCUT2D eigenvalue weighted by Crippen LogP contribution is -2.39. The molecule has 0 saturated heterocycles. The summed E-state index contributed by atoms with van der Waals surface area (Å²) in [6.45, 7) is 3.54. The molecule has 2 aromatic rings. The number of rotatable bonds is 3. The van der Waals surface area contributed by atoms with Crippen molar-refractivity contribution >= 4 is 17.4 Å². The third kappa shape index (κ3) is 2.95. The molecule has 0 N–H and O–H groups in total. The van der Waals surface area contributed by atoms with E-state index in [1.807, 2.05) is 37.3 Å². The summed E-state index contributed by atoms with van der Waals surface area (Å²) in [6.07, 6.45) is -0.489. The molecule has 5 nitrogen and oxygen atoms in total. The van der Waals surface area contributed by atoms with Crippen LogP contribution in [0.2, 0.25) is 0 Å². The second kappa shape index (κ2) is 6.49. The molecule has 0 amide bonds. The van der Waals surface area contributed by atoms with E-state index in [0.29, 0.717) is 21.4 Å². The molecular formula is C15H15NO4S. The van der Waals surface area contributed by atoms with Crippen LogP contribution >= 0.6 is 11.3 Å². The number of hydrogen-bond acceptors (Lipinski definition) is 5. The zero-order valence-corrected chi connectivity index (χ0v) is 12.6. The van der Waals surface area contributed by atoms with Crippen molar-refractivity contribution in [1.29, 1.82) is 0 Å². The lowest BCUT2D eigenvalue weighted by Gasteiger charge is -2.09. The fourth-order valence-corrected chi connectivity index (χ4v) is 3.02. The van der Waals surface area contributed by atoms with Gasteiger partial charge in [-0.1, -0.05) is 48.6 Å². The lowest BCUT2D eigenvalue weighted by molar-refractivity contribution is 0.152. The number of nitrogens with zero attached hydrogens (tertiary/aromatic N) is 1. The Hall–Kier alpha value is -2.21. The summed E-state index contributed by atoms with van der Waals surface area (Å²) < 4.78 is 5.33. The quantitative estimate of drug-likeness (QED) is 0.874. The van der Waals surface area contributed by atoms with Crippen LogP contribution in [-0.4, -0.2) is 17.3 Å². The predicted octanol–water partition coefficient (Wildman–Crippen LogP) is 2.50. The smallest absolute Gasteiger partial charge is 0.424 e. The standard InChI is InChI=1S/C15H15NO4S/c1-3-11-12(10-8-6-5-7-9-10)21-15(19)16(13(11)17)14(18)20-4-2/h5-9H,3-4H2,1-2H3. The Morgan fingerprint density at radius 1 is 1.19 bits per heavy atom. The summed E-state index contributed by atoms with van der Waals surface area (Å²) in [5.41, 5.74) is 0.641. The molecule has 0 aliphatic heterocycles. The van der Waals surface area contributed by atoms with Crippen molar-refractivity contribution in [1.82, 2.24) is 4.57 Å². The SMILES string of the molecule is CCOC(=O)n1c(=O)sc(-c2ccccc2)c(CC)c1=O. The van der Waals surface area contributed by atoms with Crippen LogP contribution in [0.1, 0.15) is 19.4 Å². The highest BCUT2D eigenvalue weighted by atomic mass is 32.1.